The number of carboxylic acid groups (broad SMARTS) is 1. The maximum absolute atomic E-state index is 12.3. The Hall–Kier alpha value is -1.59. The molecular weight excluding hydrogens is 282 g/mol. The molecule has 1 N–H and O–H groups in total. The van der Waals surface area contributed by atoms with E-state index in [0.29, 0.717) is 18.1 Å². The second kappa shape index (κ2) is 6.72. The van der Waals surface area contributed by atoms with Crippen LogP contribution in [0.1, 0.15) is 18.4 Å². The van der Waals surface area contributed by atoms with Gasteiger partial charge in [-0.15, -0.1) is 0 Å². The summed E-state index contributed by atoms with van der Waals surface area (Å²) in [6, 6.07) is 6.98. The van der Waals surface area contributed by atoms with Gasteiger partial charge in [0.25, 0.3) is 5.91 Å². The van der Waals surface area contributed by atoms with Crippen molar-refractivity contribution < 1.29 is 19.4 Å². The van der Waals surface area contributed by atoms with E-state index in [0.717, 1.165) is 12.0 Å². The van der Waals surface area contributed by atoms with Crippen molar-refractivity contribution in [3.05, 3.63) is 34.9 Å². The van der Waals surface area contributed by atoms with Crippen molar-refractivity contribution in [3.63, 3.8) is 0 Å². The summed E-state index contributed by atoms with van der Waals surface area (Å²) in [5.74, 6) is -1.30. The lowest BCUT2D eigenvalue weighted by atomic mass is 10.1. The number of ether oxygens (including phenoxy) is 1. The monoisotopic (exact) mass is 297 g/mol. The van der Waals surface area contributed by atoms with E-state index in [-0.39, 0.29) is 19.0 Å². The first-order valence-electron chi connectivity index (χ1n) is 6.43. The molecule has 0 spiro atoms. The van der Waals surface area contributed by atoms with Gasteiger partial charge in [0.2, 0.25) is 0 Å². The Morgan fingerprint density at radius 2 is 2.05 bits per heavy atom. The fourth-order valence-electron chi connectivity index (χ4n) is 2.16. The molecule has 1 aliphatic rings. The van der Waals surface area contributed by atoms with Crippen LogP contribution in [0, 0.1) is 0 Å². The maximum Gasteiger partial charge on any atom is 0.323 e. The van der Waals surface area contributed by atoms with Crippen molar-refractivity contribution in [1.82, 2.24) is 4.90 Å². The molecule has 1 unspecified atom stereocenters. The standard InChI is InChI=1S/C14H16ClNO4/c15-11-5-3-10(4-6-11)8-16(9-13(17)18)14(19)12-2-1-7-20-12/h3-6,12H,1-2,7-9H2,(H,17,18). The largest absolute Gasteiger partial charge is 0.480 e. The number of nitrogens with zero attached hydrogens (tertiary/aromatic N) is 1. The lowest BCUT2D eigenvalue weighted by Crippen LogP contribution is -2.41. The number of carbonyl (C=O) groups is 2. The van der Waals surface area contributed by atoms with Gasteiger partial charge < -0.3 is 14.7 Å². The number of carbonyl (C=O) groups excluding carboxylic acids is 1. The number of halogens is 1. The van der Waals surface area contributed by atoms with Crippen LogP contribution in [0.5, 0.6) is 0 Å². The number of benzene rings is 1. The van der Waals surface area contributed by atoms with Crippen LogP contribution in [-0.2, 0) is 20.9 Å². The molecule has 0 radical (unpaired) electrons. The van der Waals surface area contributed by atoms with Crippen LogP contribution in [-0.4, -0.2) is 41.1 Å². The molecule has 1 heterocycles. The molecule has 6 heteroatoms. The summed E-state index contributed by atoms with van der Waals surface area (Å²) in [5, 5.41) is 9.54. The number of rotatable bonds is 5. The predicted octanol–water partition coefficient (Wildman–Crippen LogP) is 1.93. The smallest absolute Gasteiger partial charge is 0.323 e. The molecule has 5 nitrogen and oxygen atoms in total. The normalized spacial score (nSPS) is 17.9. The highest BCUT2D eigenvalue weighted by atomic mass is 35.5. The molecule has 0 aromatic heterocycles. The Kier molecular flexibility index (Phi) is 4.98. The molecule has 1 aromatic carbocycles. The fourth-order valence-corrected chi connectivity index (χ4v) is 2.29. The van der Waals surface area contributed by atoms with E-state index in [2.05, 4.69) is 0 Å². The van der Waals surface area contributed by atoms with E-state index >= 15 is 0 Å². The molecule has 1 aromatic rings. The summed E-state index contributed by atoms with van der Waals surface area (Å²) >= 11 is 5.80. The molecule has 0 saturated carbocycles. The van der Waals surface area contributed by atoms with Crippen LogP contribution in [0.3, 0.4) is 0 Å². The van der Waals surface area contributed by atoms with Crippen molar-refractivity contribution in [1.29, 1.82) is 0 Å². The van der Waals surface area contributed by atoms with Gasteiger partial charge in [0.05, 0.1) is 0 Å². The Labute approximate surface area is 122 Å². The van der Waals surface area contributed by atoms with Gasteiger partial charge in [-0.25, -0.2) is 0 Å². The minimum absolute atomic E-state index is 0.238. The molecule has 108 valence electrons. The van der Waals surface area contributed by atoms with Crippen LogP contribution in [0.25, 0.3) is 0 Å². The van der Waals surface area contributed by atoms with Crippen molar-refractivity contribution in [2.45, 2.75) is 25.5 Å². The third kappa shape index (κ3) is 3.95. The number of carboxylic acids is 1. The molecule has 0 bridgehead atoms. The molecular formula is C14H16ClNO4. The quantitative estimate of drug-likeness (QED) is 0.902. The molecule has 1 amide bonds. The van der Waals surface area contributed by atoms with Gasteiger partial charge in [0, 0.05) is 18.2 Å². The molecule has 1 aliphatic heterocycles. The van der Waals surface area contributed by atoms with Crippen LogP contribution in [0.4, 0.5) is 0 Å². The van der Waals surface area contributed by atoms with Crippen molar-refractivity contribution in [2.24, 2.45) is 0 Å². The highest BCUT2D eigenvalue weighted by Crippen LogP contribution is 2.17. The lowest BCUT2D eigenvalue weighted by molar-refractivity contribution is -0.149. The first-order valence-corrected chi connectivity index (χ1v) is 6.80. The van der Waals surface area contributed by atoms with Gasteiger partial charge in [0.15, 0.2) is 0 Å². The number of aliphatic carboxylic acids is 1. The summed E-state index contributed by atoms with van der Waals surface area (Å²) in [6.07, 6.45) is 0.968. The average Bonchev–Trinajstić information content (AvgIpc) is 2.93. The molecule has 1 atom stereocenters. The van der Waals surface area contributed by atoms with Gasteiger partial charge in [-0.05, 0) is 30.5 Å². The SMILES string of the molecule is O=C(O)CN(Cc1ccc(Cl)cc1)C(=O)C1CCCO1. The highest BCUT2D eigenvalue weighted by Gasteiger charge is 2.29. The second-order valence-electron chi connectivity index (χ2n) is 4.72. The topological polar surface area (TPSA) is 66.8 Å². The number of amides is 1. The third-order valence-electron chi connectivity index (χ3n) is 3.13. The summed E-state index contributed by atoms with van der Waals surface area (Å²) < 4.78 is 5.33. The van der Waals surface area contributed by atoms with Gasteiger partial charge in [-0.2, -0.15) is 0 Å². The highest BCUT2D eigenvalue weighted by molar-refractivity contribution is 6.30. The predicted molar refractivity (Wildman–Crippen MR) is 73.5 cm³/mol. The Bertz CT molecular complexity index is 482. The van der Waals surface area contributed by atoms with Crippen molar-refractivity contribution >= 4 is 23.5 Å². The van der Waals surface area contributed by atoms with Crippen LogP contribution in [0.15, 0.2) is 24.3 Å². The van der Waals surface area contributed by atoms with Crippen molar-refractivity contribution in [2.75, 3.05) is 13.2 Å². The molecule has 2 rings (SSSR count). The van der Waals surface area contributed by atoms with Crippen molar-refractivity contribution in [3.8, 4) is 0 Å². The number of hydrogen-bond donors (Lipinski definition) is 1. The van der Waals surface area contributed by atoms with Gasteiger partial charge in [0.1, 0.15) is 12.6 Å². The van der Waals surface area contributed by atoms with Crippen LogP contribution >= 0.6 is 11.6 Å². The molecule has 1 fully saturated rings. The minimum Gasteiger partial charge on any atom is -0.480 e. The van der Waals surface area contributed by atoms with Crippen LogP contribution in [0.2, 0.25) is 5.02 Å². The fraction of sp³-hybridized carbons (Fsp3) is 0.429. The zero-order valence-corrected chi connectivity index (χ0v) is 11.7. The Morgan fingerprint density at radius 3 is 2.60 bits per heavy atom. The molecule has 1 saturated heterocycles. The van der Waals surface area contributed by atoms with E-state index in [1.807, 2.05) is 0 Å². The Morgan fingerprint density at radius 1 is 1.35 bits per heavy atom. The molecule has 0 aliphatic carbocycles. The van der Waals surface area contributed by atoms with Gasteiger partial charge in [-0.1, -0.05) is 23.7 Å². The lowest BCUT2D eigenvalue weighted by Gasteiger charge is -2.23. The zero-order valence-electron chi connectivity index (χ0n) is 10.9. The summed E-state index contributed by atoms with van der Waals surface area (Å²) in [5.41, 5.74) is 0.835. The maximum atomic E-state index is 12.3. The first kappa shape index (κ1) is 14.8. The van der Waals surface area contributed by atoms with E-state index in [9.17, 15) is 9.59 Å². The number of hydrogen-bond acceptors (Lipinski definition) is 3. The Balaban J connectivity index is 2.08. The van der Waals surface area contributed by atoms with E-state index < -0.39 is 12.1 Å². The van der Waals surface area contributed by atoms with Crippen LogP contribution < -0.4 is 0 Å². The first-order chi connectivity index (χ1) is 9.56. The summed E-state index contributed by atoms with van der Waals surface area (Å²) in [6.45, 7) is 0.460. The summed E-state index contributed by atoms with van der Waals surface area (Å²) in [7, 11) is 0. The van der Waals surface area contributed by atoms with E-state index in [1.54, 1.807) is 24.3 Å². The third-order valence-corrected chi connectivity index (χ3v) is 3.38. The average molecular weight is 298 g/mol. The van der Waals surface area contributed by atoms with E-state index in [4.69, 9.17) is 21.4 Å². The second-order valence-corrected chi connectivity index (χ2v) is 5.15. The van der Waals surface area contributed by atoms with Gasteiger partial charge >= 0.3 is 5.97 Å². The summed E-state index contributed by atoms with van der Waals surface area (Å²) in [4.78, 5) is 24.5. The minimum atomic E-state index is -1.04. The molecule has 20 heavy (non-hydrogen) atoms. The van der Waals surface area contributed by atoms with Gasteiger partial charge in [-0.3, -0.25) is 9.59 Å². The van der Waals surface area contributed by atoms with E-state index in [1.165, 1.54) is 4.90 Å². The zero-order chi connectivity index (χ0) is 14.5.